The molecule has 0 bridgehead atoms. The molecule has 0 radical (unpaired) electrons. The van der Waals surface area contributed by atoms with Gasteiger partial charge >= 0.3 is 0 Å². The van der Waals surface area contributed by atoms with E-state index < -0.39 is 0 Å². The van der Waals surface area contributed by atoms with Gasteiger partial charge in [-0.3, -0.25) is 4.99 Å². The van der Waals surface area contributed by atoms with Gasteiger partial charge in [-0.1, -0.05) is 30.3 Å². The lowest BCUT2D eigenvalue weighted by atomic mass is 10.1. The van der Waals surface area contributed by atoms with Crippen molar-refractivity contribution >= 4 is 17.7 Å². The molecule has 2 rings (SSSR count). The number of nitrogens with zero attached hydrogens (tertiary/aromatic N) is 1. The van der Waals surface area contributed by atoms with Crippen molar-refractivity contribution < 1.29 is 0 Å². The number of nitrogens with one attached hydrogen (secondary N) is 2. The summed E-state index contributed by atoms with van der Waals surface area (Å²) in [6.07, 6.45) is 7.06. The number of hydrogen-bond donors (Lipinski definition) is 2. The molecule has 1 aliphatic rings. The average molecular weight is 291 g/mol. The molecule has 3 nitrogen and oxygen atoms in total. The molecular weight excluding hydrogens is 266 g/mol. The third-order valence-corrected chi connectivity index (χ3v) is 4.93. The van der Waals surface area contributed by atoms with Gasteiger partial charge in [0, 0.05) is 24.9 Å². The number of rotatable bonds is 5. The van der Waals surface area contributed by atoms with Gasteiger partial charge in [0.25, 0.3) is 0 Å². The quantitative estimate of drug-likeness (QED) is 0.647. The molecule has 0 saturated heterocycles. The number of benzene rings is 1. The van der Waals surface area contributed by atoms with Gasteiger partial charge in [-0.05, 0) is 37.5 Å². The second kappa shape index (κ2) is 8.20. The maximum atomic E-state index is 4.32. The number of aliphatic imine (C=N–C) groups is 1. The Kier molecular flexibility index (Phi) is 6.25. The summed E-state index contributed by atoms with van der Waals surface area (Å²) in [7, 11) is 1.85. The van der Waals surface area contributed by atoms with E-state index in [4.69, 9.17) is 0 Å². The first kappa shape index (κ1) is 15.2. The standard InChI is InChI=1S/C16H25N3S/c1-17-16(19-14-8-9-15(12-14)20-2)18-11-10-13-6-4-3-5-7-13/h3-7,14-15H,8-12H2,1-2H3,(H2,17,18,19). The van der Waals surface area contributed by atoms with E-state index in [1.807, 2.05) is 18.8 Å². The van der Waals surface area contributed by atoms with E-state index in [9.17, 15) is 0 Å². The fourth-order valence-corrected chi connectivity index (χ4v) is 3.44. The van der Waals surface area contributed by atoms with Crippen LogP contribution in [0.3, 0.4) is 0 Å². The van der Waals surface area contributed by atoms with Crippen molar-refractivity contribution in [2.75, 3.05) is 19.8 Å². The minimum atomic E-state index is 0.579. The lowest BCUT2D eigenvalue weighted by molar-refractivity contribution is 0.614. The van der Waals surface area contributed by atoms with Crippen molar-refractivity contribution in [2.45, 2.75) is 37.0 Å². The Balaban J connectivity index is 1.71. The fourth-order valence-electron chi connectivity index (χ4n) is 2.64. The molecule has 0 spiro atoms. The van der Waals surface area contributed by atoms with Crippen LogP contribution in [0.4, 0.5) is 0 Å². The van der Waals surface area contributed by atoms with Crippen LogP contribution in [-0.2, 0) is 6.42 Å². The minimum absolute atomic E-state index is 0.579. The maximum absolute atomic E-state index is 4.32. The summed E-state index contributed by atoms with van der Waals surface area (Å²) >= 11 is 1.99. The third-order valence-electron chi connectivity index (χ3n) is 3.83. The Labute approximate surface area is 126 Å². The zero-order valence-electron chi connectivity index (χ0n) is 12.4. The first-order chi connectivity index (χ1) is 9.81. The van der Waals surface area contributed by atoms with Crippen LogP contribution in [0.15, 0.2) is 35.3 Å². The molecule has 1 saturated carbocycles. The molecule has 0 amide bonds. The van der Waals surface area contributed by atoms with Crippen LogP contribution in [0.1, 0.15) is 24.8 Å². The molecule has 0 aliphatic heterocycles. The smallest absolute Gasteiger partial charge is 0.191 e. The van der Waals surface area contributed by atoms with Crippen LogP contribution < -0.4 is 10.6 Å². The second-order valence-corrected chi connectivity index (χ2v) is 6.38. The SMILES string of the molecule is CN=C(NCCc1ccccc1)NC1CCC(SC)C1. The molecule has 2 atom stereocenters. The Morgan fingerprint density at radius 1 is 1.30 bits per heavy atom. The summed E-state index contributed by atoms with van der Waals surface area (Å²) in [4.78, 5) is 4.32. The van der Waals surface area contributed by atoms with Gasteiger partial charge in [-0.2, -0.15) is 11.8 Å². The lowest BCUT2D eigenvalue weighted by Gasteiger charge is -2.17. The van der Waals surface area contributed by atoms with Gasteiger partial charge in [0.05, 0.1) is 0 Å². The highest BCUT2D eigenvalue weighted by molar-refractivity contribution is 7.99. The van der Waals surface area contributed by atoms with E-state index in [1.54, 1.807) is 0 Å². The maximum Gasteiger partial charge on any atom is 0.191 e. The monoisotopic (exact) mass is 291 g/mol. The van der Waals surface area contributed by atoms with Crippen LogP contribution in [0, 0.1) is 0 Å². The van der Waals surface area contributed by atoms with Gasteiger partial charge in [-0.15, -0.1) is 0 Å². The second-order valence-electron chi connectivity index (χ2n) is 5.25. The summed E-state index contributed by atoms with van der Waals surface area (Å²) < 4.78 is 0. The van der Waals surface area contributed by atoms with Crippen LogP contribution >= 0.6 is 11.8 Å². The molecule has 0 heterocycles. The van der Waals surface area contributed by atoms with E-state index in [2.05, 4.69) is 52.2 Å². The zero-order chi connectivity index (χ0) is 14.2. The van der Waals surface area contributed by atoms with Gasteiger partial charge in [0.15, 0.2) is 5.96 Å². The molecule has 1 aliphatic carbocycles. The largest absolute Gasteiger partial charge is 0.356 e. The van der Waals surface area contributed by atoms with Crippen molar-refractivity contribution in [3.63, 3.8) is 0 Å². The number of guanidine groups is 1. The minimum Gasteiger partial charge on any atom is -0.356 e. The third kappa shape index (κ3) is 4.75. The summed E-state index contributed by atoms with van der Waals surface area (Å²) in [5.74, 6) is 0.938. The zero-order valence-corrected chi connectivity index (χ0v) is 13.2. The molecular formula is C16H25N3S. The lowest BCUT2D eigenvalue weighted by Crippen LogP contribution is -2.43. The van der Waals surface area contributed by atoms with Crippen LogP contribution in [-0.4, -0.2) is 37.1 Å². The van der Waals surface area contributed by atoms with E-state index in [-0.39, 0.29) is 0 Å². The number of hydrogen-bond acceptors (Lipinski definition) is 2. The molecule has 4 heteroatoms. The Bertz CT molecular complexity index is 419. The van der Waals surface area contributed by atoms with E-state index in [0.717, 1.165) is 24.2 Å². The molecule has 2 unspecified atom stereocenters. The first-order valence-electron chi connectivity index (χ1n) is 7.35. The van der Waals surface area contributed by atoms with Crippen molar-refractivity contribution in [3.8, 4) is 0 Å². The van der Waals surface area contributed by atoms with Crippen LogP contribution in [0.2, 0.25) is 0 Å². The summed E-state index contributed by atoms with van der Waals surface area (Å²) in [6, 6.07) is 11.1. The first-order valence-corrected chi connectivity index (χ1v) is 8.64. The van der Waals surface area contributed by atoms with E-state index in [0.29, 0.717) is 6.04 Å². The van der Waals surface area contributed by atoms with Gasteiger partial charge in [0.1, 0.15) is 0 Å². The van der Waals surface area contributed by atoms with Gasteiger partial charge in [-0.25, -0.2) is 0 Å². The van der Waals surface area contributed by atoms with Crippen molar-refractivity contribution in [1.29, 1.82) is 0 Å². The summed E-state index contributed by atoms with van der Waals surface area (Å²) in [5.41, 5.74) is 1.36. The van der Waals surface area contributed by atoms with Gasteiger partial charge in [0.2, 0.25) is 0 Å². The Morgan fingerprint density at radius 3 is 2.75 bits per heavy atom. The molecule has 20 heavy (non-hydrogen) atoms. The molecule has 1 fully saturated rings. The molecule has 1 aromatic carbocycles. The average Bonchev–Trinajstić information content (AvgIpc) is 2.95. The summed E-state index contributed by atoms with van der Waals surface area (Å²) in [6.45, 7) is 0.919. The van der Waals surface area contributed by atoms with Crippen molar-refractivity contribution in [2.24, 2.45) is 4.99 Å². The van der Waals surface area contributed by atoms with Crippen molar-refractivity contribution in [1.82, 2.24) is 10.6 Å². The number of thioether (sulfide) groups is 1. The predicted octanol–water partition coefficient (Wildman–Crippen LogP) is 2.68. The van der Waals surface area contributed by atoms with Crippen LogP contribution in [0.5, 0.6) is 0 Å². The van der Waals surface area contributed by atoms with Crippen LogP contribution in [0.25, 0.3) is 0 Å². The molecule has 110 valence electrons. The molecule has 2 N–H and O–H groups in total. The normalized spacial score (nSPS) is 22.8. The highest BCUT2D eigenvalue weighted by Gasteiger charge is 2.24. The Morgan fingerprint density at radius 2 is 2.10 bits per heavy atom. The summed E-state index contributed by atoms with van der Waals surface area (Å²) in [5, 5.41) is 7.77. The van der Waals surface area contributed by atoms with E-state index >= 15 is 0 Å². The highest BCUT2D eigenvalue weighted by Crippen LogP contribution is 2.27. The van der Waals surface area contributed by atoms with E-state index in [1.165, 1.54) is 24.8 Å². The fraction of sp³-hybridized carbons (Fsp3) is 0.562. The predicted molar refractivity (Wildman–Crippen MR) is 89.6 cm³/mol. The topological polar surface area (TPSA) is 36.4 Å². The highest BCUT2D eigenvalue weighted by atomic mass is 32.2. The van der Waals surface area contributed by atoms with Crippen molar-refractivity contribution in [3.05, 3.63) is 35.9 Å². The molecule has 0 aromatic heterocycles. The molecule has 1 aromatic rings. The van der Waals surface area contributed by atoms with Gasteiger partial charge < -0.3 is 10.6 Å². The Hall–Kier alpha value is -1.16.